The van der Waals surface area contributed by atoms with Gasteiger partial charge in [-0.3, -0.25) is 0 Å². The van der Waals surface area contributed by atoms with Crippen LogP contribution < -0.4 is 4.74 Å². The molecule has 1 aromatic carbocycles. The Labute approximate surface area is 73.9 Å². The number of rotatable bonds is 1. The Morgan fingerprint density at radius 2 is 2.09 bits per heavy atom. The quantitative estimate of drug-likeness (QED) is 0.782. The van der Waals surface area contributed by atoms with Gasteiger partial charge < -0.3 is 9.84 Å². The van der Waals surface area contributed by atoms with Crippen molar-refractivity contribution in [3.05, 3.63) is 22.2 Å². The minimum absolute atomic E-state index is 0.210. The maximum Gasteiger partial charge on any atom is 0.133 e. The average molecular weight is 217 g/mol. The number of hydrogen-bond donors (Lipinski definition) is 1. The second-order valence-corrected chi connectivity index (χ2v) is 3.07. The zero-order valence-electron chi connectivity index (χ0n) is 6.39. The number of hydrogen-bond acceptors (Lipinski definition) is 2. The summed E-state index contributed by atoms with van der Waals surface area (Å²) in [6, 6.07) is 3.42. The normalized spacial score (nSPS) is 9.73. The molecule has 1 aromatic rings. The molecule has 0 saturated heterocycles. The molecule has 0 aliphatic rings. The molecule has 2 nitrogen and oxygen atoms in total. The van der Waals surface area contributed by atoms with E-state index in [0.29, 0.717) is 5.75 Å². The standard InChI is InChI=1S/C8H9BrO2/c1-5-3-6(11-2)4-7(10)8(5)9/h3-4,10H,1-2H3. The van der Waals surface area contributed by atoms with E-state index in [-0.39, 0.29) is 5.75 Å². The minimum atomic E-state index is 0.210. The molecule has 1 N–H and O–H groups in total. The highest BCUT2D eigenvalue weighted by atomic mass is 79.9. The van der Waals surface area contributed by atoms with Crippen LogP contribution in [-0.4, -0.2) is 12.2 Å². The number of benzene rings is 1. The Morgan fingerprint density at radius 3 is 2.55 bits per heavy atom. The molecule has 3 heteroatoms. The van der Waals surface area contributed by atoms with Gasteiger partial charge in [0.05, 0.1) is 11.6 Å². The van der Waals surface area contributed by atoms with E-state index < -0.39 is 0 Å². The number of phenolic OH excluding ortho intramolecular Hbond substituents is 1. The smallest absolute Gasteiger partial charge is 0.133 e. The second kappa shape index (κ2) is 3.13. The SMILES string of the molecule is COc1cc(C)c(Br)c(O)c1. The molecule has 0 aromatic heterocycles. The molecule has 0 unspecified atom stereocenters. The van der Waals surface area contributed by atoms with Crippen molar-refractivity contribution in [3.8, 4) is 11.5 Å². The van der Waals surface area contributed by atoms with Crippen molar-refractivity contribution < 1.29 is 9.84 Å². The maximum atomic E-state index is 9.29. The summed E-state index contributed by atoms with van der Waals surface area (Å²) in [5.41, 5.74) is 0.960. The van der Waals surface area contributed by atoms with Gasteiger partial charge in [0.2, 0.25) is 0 Å². The molecule has 0 bridgehead atoms. The number of phenols is 1. The zero-order valence-corrected chi connectivity index (χ0v) is 7.97. The molecule has 0 aliphatic carbocycles. The Kier molecular flexibility index (Phi) is 2.39. The maximum absolute atomic E-state index is 9.29. The number of halogens is 1. The van der Waals surface area contributed by atoms with Crippen LogP contribution in [0, 0.1) is 6.92 Å². The van der Waals surface area contributed by atoms with Crippen molar-refractivity contribution in [1.82, 2.24) is 0 Å². The molecule has 0 aliphatic heterocycles. The molecule has 0 saturated carbocycles. The summed E-state index contributed by atoms with van der Waals surface area (Å²) in [5.74, 6) is 0.880. The monoisotopic (exact) mass is 216 g/mol. The number of aromatic hydroxyl groups is 1. The Hall–Kier alpha value is -0.700. The van der Waals surface area contributed by atoms with Gasteiger partial charge in [0.15, 0.2) is 0 Å². The predicted octanol–water partition coefficient (Wildman–Crippen LogP) is 2.47. The molecule has 0 amide bonds. The lowest BCUT2D eigenvalue weighted by molar-refractivity contribution is 0.406. The van der Waals surface area contributed by atoms with Gasteiger partial charge in [0, 0.05) is 6.07 Å². The van der Waals surface area contributed by atoms with Crippen molar-refractivity contribution in [2.45, 2.75) is 6.92 Å². The highest BCUT2D eigenvalue weighted by molar-refractivity contribution is 9.10. The lowest BCUT2D eigenvalue weighted by Crippen LogP contribution is -1.84. The van der Waals surface area contributed by atoms with Crippen LogP contribution in [0.3, 0.4) is 0 Å². The van der Waals surface area contributed by atoms with Crippen molar-refractivity contribution in [2.24, 2.45) is 0 Å². The fourth-order valence-corrected chi connectivity index (χ4v) is 1.07. The fourth-order valence-electron chi connectivity index (χ4n) is 0.836. The van der Waals surface area contributed by atoms with Crippen molar-refractivity contribution in [3.63, 3.8) is 0 Å². The predicted molar refractivity (Wildman–Crippen MR) is 47.1 cm³/mol. The van der Waals surface area contributed by atoms with E-state index in [1.165, 1.54) is 0 Å². The van der Waals surface area contributed by atoms with E-state index in [9.17, 15) is 5.11 Å². The molecule has 0 fully saturated rings. The third-order valence-electron chi connectivity index (χ3n) is 1.44. The lowest BCUT2D eigenvalue weighted by atomic mass is 10.2. The Morgan fingerprint density at radius 1 is 1.45 bits per heavy atom. The largest absolute Gasteiger partial charge is 0.507 e. The lowest BCUT2D eigenvalue weighted by Gasteiger charge is -2.04. The third kappa shape index (κ3) is 1.66. The molecule has 11 heavy (non-hydrogen) atoms. The molecular formula is C8H9BrO2. The zero-order chi connectivity index (χ0) is 8.43. The van der Waals surface area contributed by atoms with Crippen LogP contribution in [0.25, 0.3) is 0 Å². The Bertz CT molecular complexity index is 248. The highest BCUT2D eigenvalue weighted by Gasteiger charge is 2.03. The van der Waals surface area contributed by atoms with Gasteiger partial charge >= 0.3 is 0 Å². The summed E-state index contributed by atoms with van der Waals surface area (Å²) >= 11 is 3.24. The topological polar surface area (TPSA) is 29.5 Å². The van der Waals surface area contributed by atoms with E-state index in [4.69, 9.17) is 4.74 Å². The van der Waals surface area contributed by atoms with Crippen LogP contribution >= 0.6 is 15.9 Å². The number of aryl methyl sites for hydroxylation is 1. The van der Waals surface area contributed by atoms with E-state index in [0.717, 1.165) is 10.0 Å². The van der Waals surface area contributed by atoms with Gasteiger partial charge in [-0.2, -0.15) is 0 Å². The summed E-state index contributed by atoms with van der Waals surface area (Å²) < 4.78 is 5.67. The Balaban J connectivity index is 3.21. The van der Waals surface area contributed by atoms with Crippen molar-refractivity contribution >= 4 is 15.9 Å². The summed E-state index contributed by atoms with van der Waals surface area (Å²) in [7, 11) is 1.57. The van der Waals surface area contributed by atoms with Crippen molar-refractivity contribution in [2.75, 3.05) is 7.11 Å². The summed E-state index contributed by atoms with van der Waals surface area (Å²) in [6.45, 7) is 1.90. The fraction of sp³-hybridized carbons (Fsp3) is 0.250. The summed E-state index contributed by atoms with van der Waals surface area (Å²) in [5, 5.41) is 9.29. The first-order chi connectivity index (χ1) is 5.15. The average Bonchev–Trinajstić information content (AvgIpc) is 1.99. The molecule has 0 radical (unpaired) electrons. The highest BCUT2D eigenvalue weighted by Crippen LogP contribution is 2.31. The molecule has 60 valence electrons. The van der Waals surface area contributed by atoms with E-state index in [1.54, 1.807) is 13.2 Å². The summed E-state index contributed by atoms with van der Waals surface area (Å²) in [4.78, 5) is 0. The van der Waals surface area contributed by atoms with E-state index in [1.807, 2.05) is 13.0 Å². The van der Waals surface area contributed by atoms with Gasteiger partial charge in [-0.05, 0) is 34.5 Å². The first-order valence-corrected chi connectivity index (χ1v) is 3.97. The van der Waals surface area contributed by atoms with Crippen LogP contribution in [-0.2, 0) is 0 Å². The van der Waals surface area contributed by atoms with Gasteiger partial charge in [-0.15, -0.1) is 0 Å². The first kappa shape index (κ1) is 8.40. The van der Waals surface area contributed by atoms with Gasteiger partial charge in [-0.1, -0.05) is 0 Å². The van der Waals surface area contributed by atoms with Crippen LogP contribution in [0.2, 0.25) is 0 Å². The molecular weight excluding hydrogens is 208 g/mol. The van der Waals surface area contributed by atoms with Gasteiger partial charge in [-0.25, -0.2) is 0 Å². The minimum Gasteiger partial charge on any atom is -0.507 e. The molecule has 0 spiro atoms. The molecule has 0 heterocycles. The molecule has 0 atom stereocenters. The van der Waals surface area contributed by atoms with Crippen molar-refractivity contribution in [1.29, 1.82) is 0 Å². The number of ether oxygens (including phenoxy) is 1. The summed E-state index contributed by atoms with van der Waals surface area (Å²) in [6.07, 6.45) is 0. The third-order valence-corrected chi connectivity index (χ3v) is 2.48. The van der Waals surface area contributed by atoms with Crippen LogP contribution in [0.5, 0.6) is 11.5 Å². The first-order valence-electron chi connectivity index (χ1n) is 3.18. The number of methoxy groups -OCH3 is 1. The van der Waals surface area contributed by atoms with Gasteiger partial charge in [0.1, 0.15) is 11.5 Å². The van der Waals surface area contributed by atoms with Gasteiger partial charge in [0.25, 0.3) is 0 Å². The van der Waals surface area contributed by atoms with Crippen LogP contribution in [0.1, 0.15) is 5.56 Å². The van der Waals surface area contributed by atoms with E-state index in [2.05, 4.69) is 15.9 Å². The van der Waals surface area contributed by atoms with E-state index >= 15 is 0 Å². The molecule has 1 rings (SSSR count). The second-order valence-electron chi connectivity index (χ2n) is 2.28. The van der Waals surface area contributed by atoms with Crippen LogP contribution in [0.4, 0.5) is 0 Å². The van der Waals surface area contributed by atoms with Crippen LogP contribution in [0.15, 0.2) is 16.6 Å².